The molecule has 3 unspecified atom stereocenters. The molecule has 2 aromatic rings. The molecule has 3 atom stereocenters. The number of amides is 1. The monoisotopic (exact) mass is 596 g/mol. The van der Waals surface area contributed by atoms with Crippen molar-refractivity contribution in [3.05, 3.63) is 83.1 Å². The van der Waals surface area contributed by atoms with Gasteiger partial charge < -0.3 is 15.0 Å². The van der Waals surface area contributed by atoms with Gasteiger partial charge in [0.2, 0.25) is 0 Å². The number of nitrogens with one attached hydrogen (secondary N) is 2. The third-order valence-electron chi connectivity index (χ3n) is 6.03. The Kier molecular flexibility index (Phi) is 15.7. The Morgan fingerprint density at radius 1 is 1.14 bits per heavy atom. The molecule has 230 valence electrons. The molecule has 2 aliphatic heterocycles. The lowest BCUT2D eigenvalue weighted by atomic mass is 10.1. The minimum atomic E-state index is -0.403. The van der Waals surface area contributed by atoms with Gasteiger partial charge in [0.05, 0.1) is 30.4 Å². The number of morpholine rings is 1. The fourth-order valence-electron chi connectivity index (χ4n) is 4.15. The van der Waals surface area contributed by atoms with E-state index in [0.29, 0.717) is 46.3 Å². The first-order chi connectivity index (χ1) is 20.1. The first kappa shape index (κ1) is 35.3. The molecule has 0 aliphatic carbocycles. The fraction of sp³-hybridized carbons (Fsp3) is 0.471. The number of halogens is 1. The molecule has 2 N–H and O–H groups in total. The van der Waals surface area contributed by atoms with Crippen LogP contribution in [0.3, 0.4) is 0 Å². The van der Waals surface area contributed by atoms with Gasteiger partial charge in [0.15, 0.2) is 0 Å². The second-order valence-electron chi connectivity index (χ2n) is 11.0. The van der Waals surface area contributed by atoms with Gasteiger partial charge in [-0.2, -0.15) is 0 Å². The Labute approximate surface area is 254 Å². The van der Waals surface area contributed by atoms with Gasteiger partial charge >= 0.3 is 0 Å². The van der Waals surface area contributed by atoms with E-state index in [9.17, 15) is 9.18 Å². The summed E-state index contributed by atoms with van der Waals surface area (Å²) in [5.74, 6) is 0.208. The number of hydrogen-bond acceptors (Lipinski definition) is 5. The fourth-order valence-corrected chi connectivity index (χ4v) is 5.32. The lowest BCUT2D eigenvalue weighted by Crippen LogP contribution is -2.36. The zero-order valence-electron chi connectivity index (χ0n) is 26.5. The third-order valence-corrected chi connectivity index (χ3v) is 7.27. The van der Waals surface area contributed by atoms with Crippen molar-refractivity contribution < 1.29 is 13.9 Å². The molecule has 0 aromatic heterocycles. The lowest BCUT2D eigenvalue weighted by molar-refractivity contribution is 0.102. The van der Waals surface area contributed by atoms with Crippen molar-refractivity contribution in [2.24, 2.45) is 10.9 Å². The Bertz CT molecular complexity index is 1210. The molecule has 0 radical (unpaired) electrons. The first-order valence-electron chi connectivity index (χ1n) is 15.1. The predicted octanol–water partition coefficient (Wildman–Crippen LogP) is 8.54. The summed E-state index contributed by atoms with van der Waals surface area (Å²) >= 11 is 0. The highest BCUT2D eigenvalue weighted by Crippen LogP contribution is 2.37. The van der Waals surface area contributed by atoms with Gasteiger partial charge in [-0.25, -0.2) is 4.39 Å². The van der Waals surface area contributed by atoms with Crippen LogP contribution < -0.4 is 15.5 Å². The van der Waals surface area contributed by atoms with Crippen LogP contribution in [0.2, 0.25) is 0 Å². The number of anilines is 2. The van der Waals surface area contributed by atoms with Gasteiger partial charge in [-0.1, -0.05) is 81.3 Å². The number of hydrogen-bond donors (Lipinski definition) is 2. The Morgan fingerprint density at radius 3 is 2.40 bits per heavy atom. The Hall–Kier alpha value is -2.86. The van der Waals surface area contributed by atoms with Crippen molar-refractivity contribution in [2.45, 2.75) is 73.1 Å². The summed E-state index contributed by atoms with van der Waals surface area (Å²) in [7, 11) is 0.529. The van der Waals surface area contributed by atoms with E-state index in [1.165, 1.54) is 12.5 Å². The summed E-state index contributed by atoms with van der Waals surface area (Å²) in [5, 5.41) is 7.54. The molecule has 4 rings (SSSR count). The quantitative estimate of drug-likeness (QED) is 0.315. The number of carbonyl (C=O) groups is 1. The molecule has 0 bridgehead atoms. The standard InChI is InChI=1S/C27H32FN4O2P.C4H10.C3H8/c1-4-6-24-19(3)35-26(17-29-24)30-18(2)20-7-5-8-22(15-20)31-27(33)21-9-10-25(23(28)16-21)32-11-13-34-14-12-32;1-4(2)3;1-3-2/h5-10,15-18,26,30,35H,3-4,11-14H2,1-2H3,(H,31,33);4H,1-3H3;3H2,1-2H3/b24-6+;;. The minimum absolute atomic E-state index is 0.0468. The van der Waals surface area contributed by atoms with Gasteiger partial charge in [-0.05, 0) is 60.5 Å². The van der Waals surface area contributed by atoms with E-state index >= 15 is 0 Å². The van der Waals surface area contributed by atoms with Crippen LogP contribution in [-0.2, 0) is 4.74 Å². The van der Waals surface area contributed by atoms with Gasteiger partial charge in [0.1, 0.15) is 5.82 Å². The molecule has 1 saturated heterocycles. The van der Waals surface area contributed by atoms with E-state index < -0.39 is 5.82 Å². The molecular weight excluding hydrogens is 546 g/mol. The number of aliphatic imine (C=N–C) groups is 1. The summed E-state index contributed by atoms with van der Waals surface area (Å²) in [6, 6.07) is 12.4. The number of nitrogens with zero attached hydrogens (tertiary/aromatic N) is 2. The number of carbonyl (C=O) groups excluding carboxylic acids is 1. The molecular formula is C34H50FN4O2P. The predicted molar refractivity (Wildman–Crippen MR) is 180 cm³/mol. The molecule has 0 spiro atoms. The molecule has 42 heavy (non-hydrogen) atoms. The topological polar surface area (TPSA) is 66.0 Å². The first-order valence-corrected chi connectivity index (χ1v) is 16.2. The lowest BCUT2D eigenvalue weighted by Gasteiger charge is -2.29. The average Bonchev–Trinajstić information content (AvgIpc) is 2.95. The summed E-state index contributed by atoms with van der Waals surface area (Å²) < 4.78 is 20.1. The maximum absolute atomic E-state index is 14.7. The van der Waals surface area contributed by atoms with Crippen molar-refractivity contribution in [2.75, 3.05) is 36.5 Å². The number of allylic oxidation sites excluding steroid dienone is 2. The highest BCUT2D eigenvalue weighted by Gasteiger charge is 2.19. The highest BCUT2D eigenvalue weighted by atomic mass is 31.1. The largest absolute Gasteiger partial charge is 0.378 e. The molecule has 1 fully saturated rings. The highest BCUT2D eigenvalue weighted by molar-refractivity contribution is 7.45. The minimum Gasteiger partial charge on any atom is -0.378 e. The van der Waals surface area contributed by atoms with Crippen molar-refractivity contribution in [3.63, 3.8) is 0 Å². The summed E-state index contributed by atoms with van der Waals surface area (Å²) in [5.41, 5.74) is 3.46. The summed E-state index contributed by atoms with van der Waals surface area (Å²) in [6.07, 6.45) is 6.24. The van der Waals surface area contributed by atoms with E-state index in [4.69, 9.17) is 4.74 Å². The van der Waals surface area contributed by atoms with Crippen LogP contribution in [0.4, 0.5) is 15.8 Å². The van der Waals surface area contributed by atoms with Gasteiger partial charge in [-0.3, -0.25) is 15.1 Å². The average molecular weight is 597 g/mol. The van der Waals surface area contributed by atoms with Gasteiger partial charge in [-0.15, -0.1) is 0 Å². The van der Waals surface area contributed by atoms with Crippen LogP contribution >= 0.6 is 8.58 Å². The second-order valence-corrected chi connectivity index (χ2v) is 12.6. The van der Waals surface area contributed by atoms with E-state index in [1.54, 1.807) is 12.1 Å². The molecule has 1 amide bonds. The van der Waals surface area contributed by atoms with Crippen LogP contribution in [0.1, 0.15) is 83.3 Å². The second kappa shape index (κ2) is 18.6. The molecule has 2 heterocycles. The van der Waals surface area contributed by atoms with Crippen molar-refractivity contribution in [1.29, 1.82) is 0 Å². The molecule has 2 aromatic carbocycles. The maximum Gasteiger partial charge on any atom is 0.255 e. The number of ether oxygens (including phenoxy) is 1. The van der Waals surface area contributed by atoms with Crippen molar-refractivity contribution in [1.82, 2.24) is 5.32 Å². The van der Waals surface area contributed by atoms with Crippen LogP contribution in [0, 0.1) is 11.7 Å². The van der Waals surface area contributed by atoms with Crippen LogP contribution in [-0.4, -0.2) is 44.2 Å². The SMILES string of the molecule is C=C1PC(NC(C)c2cccc(NC(=O)c3ccc(N4CCOCC4)c(F)c3)c2)C=N/C1=C/CC.CC(C)C.CCC. The van der Waals surface area contributed by atoms with Crippen LogP contribution in [0.5, 0.6) is 0 Å². The van der Waals surface area contributed by atoms with Crippen molar-refractivity contribution in [3.8, 4) is 0 Å². The van der Waals surface area contributed by atoms with E-state index in [0.717, 1.165) is 28.9 Å². The summed E-state index contributed by atoms with van der Waals surface area (Å²) in [4.78, 5) is 19.3. The third kappa shape index (κ3) is 11.8. The molecule has 0 saturated carbocycles. The number of rotatable bonds is 7. The molecule has 2 aliphatic rings. The smallest absolute Gasteiger partial charge is 0.255 e. The normalized spacial score (nSPS) is 18.7. The maximum atomic E-state index is 14.7. The van der Waals surface area contributed by atoms with E-state index in [2.05, 4.69) is 76.7 Å². The Balaban J connectivity index is 0.000000797. The van der Waals surface area contributed by atoms with Crippen LogP contribution in [0.15, 0.2) is 71.1 Å². The van der Waals surface area contributed by atoms with Crippen LogP contribution in [0.25, 0.3) is 0 Å². The van der Waals surface area contributed by atoms with Crippen molar-refractivity contribution >= 4 is 32.1 Å². The number of benzene rings is 2. The van der Waals surface area contributed by atoms with Gasteiger partial charge in [0.25, 0.3) is 5.91 Å². The Morgan fingerprint density at radius 2 is 1.81 bits per heavy atom. The zero-order chi connectivity index (χ0) is 31.1. The van der Waals surface area contributed by atoms with E-state index in [-0.39, 0.29) is 23.3 Å². The molecule has 6 nitrogen and oxygen atoms in total. The zero-order valence-corrected chi connectivity index (χ0v) is 27.5. The van der Waals surface area contributed by atoms with E-state index in [1.807, 2.05) is 35.4 Å². The summed E-state index contributed by atoms with van der Waals surface area (Å²) in [6.45, 7) is 21.5. The van der Waals surface area contributed by atoms with Gasteiger partial charge in [0, 0.05) is 36.6 Å². The molecule has 8 heteroatoms.